The first kappa shape index (κ1) is 20.6. The summed E-state index contributed by atoms with van der Waals surface area (Å²) in [5.41, 5.74) is 1.12. The quantitative estimate of drug-likeness (QED) is 0.574. The van der Waals surface area contributed by atoms with Gasteiger partial charge in [-0.3, -0.25) is 14.9 Å². The van der Waals surface area contributed by atoms with Crippen molar-refractivity contribution in [3.63, 3.8) is 0 Å². The lowest BCUT2D eigenvalue weighted by atomic mass is 10.1. The van der Waals surface area contributed by atoms with E-state index in [0.29, 0.717) is 10.5 Å². The standard InChI is InChI=1S/C16H18N4O3S2.ClH/c1-10-9-24-16(18-10)25-14-3-2-11(8-13(14)20(22)23)15(21)19-12-4-6-17-7-5-12;/h2-3,8-9,12,17H,4-7H2,1H3,(H,19,21);1H. The van der Waals surface area contributed by atoms with Crippen LogP contribution in [0.5, 0.6) is 0 Å². The Morgan fingerprint density at radius 1 is 1.42 bits per heavy atom. The Balaban J connectivity index is 0.00000243. The van der Waals surface area contributed by atoms with Crippen molar-refractivity contribution in [3.05, 3.63) is 45.0 Å². The lowest BCUT2D eigenvalue weighted by Gasteiger charge is -2.23. The average Bonchev–Trinajstić information content (AvgIpc) is 3.00. The number of piperidine rings is 1. The molecule has 0 bridgehead atoms. The monoisotopic (exact) mass is 414 g/mol. The van der Waals surface area contributed by atoms with Crippen molar-refractivity contribution in [1.29, 1.82) is 0 Å². The number of amides is 1. The van der Waals surface area contributed by atoms with E-state index in [1.54, 1.807) is 12.1 Å². The highest BCUT2D eigenvalue weighted by Gasteiger charge is 2.21. The summed E-state index contributed by atoms with van der Waals surface area (Å²) in [5.74, 6) is -0.267. The summed E-state index contributed by atoms with van der Waals surface area (Å²) < 4.78 is 0.743. The zero-order valence-electron chi connectivity index (χ0n) is 14.1. The van der Waals surface area contributed by atoms with E-state index < -0.39 is 4.92 Å². The Hall–Kier alpha value is -1.68. The fourth-order valence-electron chi connectivity index (χ4n) is 2.60. The van der Waals surface area contributed by atoms with E-state index >= 15 is 0 Å². The van der Waals surface area contributed by atoms with Gasteiger partial charge in [-0.05, 0) is 45.0 Å². The van der Waals surface area contributed by atoms with Crippen molar-refractivity contribution in [3.8, 4) is 0 Å². The third kappa shape index (κ3) is 5.16. The largest absolute Gasteiger partial charge is 0.349 e. The van der Waals surface area contributed by atoms with Crippen LogP contribution in [0.4, 0.5) is 5.69 Å². The maximum Gasteiger partial charge on any atom is 0.284 e. The fraction of sp³-hybridized carbons (Fsp3) is 0.375. The Kier molecular flexibility index (Phi) is 7.39. The molecule has 0 spiro atoms. The van der Waals surface area contributed by atoms with Gasteiger partial charge in [-0.15, -0.1) is 23.7 Å². The molecule has 0 atom stereocenters. The van der Waals surface area contributed by atoms with Crippen LogP contribution < -0.4 is 10.6 Å². The van der Waals surface area contributed by atoms with Crippen LogP contribution in [0.15, 0.2) is 32.8 Å². The number of halogens is 1. The number of aryl methyl sites for hydroxylation is 1. The van der Waals surface area contributed by atoms with Gasteiger partial charge in [-0.1, -0.05) is 11.8 Å². The molecule has 10 heteroatoms. The molecule has 0 aliphatic carbocycles. The number of rotatable bonds is 5. The third-order valence-electron chi connectivity index (χ3n) is 3.89. The Labute approximate surface area is 165 Å². The van der Waals surface area contributed by atoms with E-state index in [9.17, 15) is 14.9 Å². The Morgan fingerprint density at radius 3 is 2.77 bits per heavy atom. The fourth-order valence-corrected chi connectivity index (χ4v) is 4.47. The number of nitro groups is 1. The van der Waals surface area contributed by atoms with E-state index in [1.807, 2.05) is 12.3 Å². The molecule has 0 unspecified atom stereocenters. The molecule has 1 aliphatic rings. The SMILES string of the molecule is Cc1csc(Sc2ccc(C(=O)NC3CCNCC3)cc2[N+](=O)[O-])n1.Cl. The lowest BCUT2D eigenvalue weighted by Crippen LogP contribution is -2.42. The molecule has 26 heavy (non-hydrogen) atoms. The van der Waals surface area contributed by atoms with Crippen LogP contribution in [0.3, 0.4) is 0 Å². The molecule has 0 saturated carbocycles. The molecule has 2 aromatic rings. The molecule has 140 valence electrons. The van der Waals surface area contributed by atoms with Crippen molar-refractivity contribution in [2.75, 3.05) is 13.1 Å². The summed E-state index contributed by atoms with van der Waals surface area (Å²) in [5, 5.41) is 19.5. The van der Waals surface area contributed by atoms with E-state index in [-0.39, 0.29) is 30.0 Å². The van der Waals surface area contributed by atoms with Gasteiger partial charge in [0.15, 0.2) is 4.34 Å². The highest BCUT2D eigenvalue weighted by atomic mass is 35.5. The molecular weight excluding hydrogens is 396 g/mol. The number of nitrogens with one attached hydrogen (secondary N) is 2. The van der Waals surface area contributed by atoms with Crippen LogP contribution >= 0.6 is 35.5 Å². The number of hydrogen-bond donors (Lipinski definition) is 2. The van der Waals surface area contributed by atoms with Crippen molar-refractivity contribution in [1.82, 2.24) is 15.6 Å². The van der Waals surface area contributed by atoms with Crippen LogP contribution in [-0.4, -0.2) is 34.9 Å². The molecule has 1 aliphatic heterocycles. The number of carbonyl (C=O) groups excluding carboxylic acids is 1. The Bertz CT molecular complexity index is 794. The van der Waals surface area contributed by atoms with E-state index in [0.717, 1.165) is 36.0 Å². The van der Waals surface area contributed by atoms with Crippen LogP contribution in [-0.2, 0) is 0 Å². The molecule has 1 aromatic heterocycles. The van der Waals surface area contributed by atoms with Crippen LogP contribution in [0.2, 0.25) is 0 Å². The van der Waals surface area contributed by atoms with Gasteiger partial charge in [-0.25, -0.2) is 4.98 Å². The van der Waals surface area contributed by atoms with E-state index in [2.05, 4.69) is 15.6 Å². The minimum atomic E-state index is -0.454. The number of benzene rings is 1. The van der Waals surface area contributed by atoms with Crippen LogP contribution in [0, 0.1) is 17.0 Å². The second-order valence-corrected chi connectivity index (χ2v) is 7.94. The van der Waals surface area contributed by atoms with Gasteiger partial charge in [0.25, 0.3) is 11.6 Å². The van der Waals surface area contributed by atoms with Gasteiger partial charge in [0, 0.05) is 28.7 Å². The number of thiazole rings is 1. The summed E-state index contributed by atoms with van der Waals surface area (Å²) in [7, 11) is 0. The van der Waals surface area contributed by atoms with Crippen LogP contribution in [0.25, 0.3) is 0 Å². The molecule has 2 N–H and O–H groups in total. The van der Waals surface area contributed by atoms with Crippen molar-refractivity contribution in [2.45, 2.75) is 35.0 Å². The predicted octanol–water partition coefficient (Wildman–Crippen LogP) is 3.41. The molecule has 1 fully saturated rings. The highest BCUT2D eigenvalue weighted by Crippen LogP contribution is 2.36. The van der Waals surface area contributed by atoms with E-state index in [1.165, 1.54) is 29.2 Å². The number of nitro benzene ring substituents is 1. The summed E-state index contributed by atoms with van der Waals surface area (Å²) >= 11 is 2.69. The molecule has 1 saturated heterocycles. The van der Waals surface area contributed by atoms with Gasteiger partial charge >= 0.3 is 0 Å². The second-order valence-electron chi connectivity index (χ2n) is 5.79. The molecule has 1 aromatic carbocycles. The molecule has 1 amide bonds. The average molecular weight is 415 g/mol. The number of hydrogen-bond acceptors (Lipinski definition) is 7. The lowest BCUT2D eigenvalue weighted by molar-refractivity contribution is -0.387. The number of carbonyl (C=O) groups is 1. The third-order valence-corrected chi connectivity index (χ3v) is 6.01. The van der Waals surface area contributed by atoms with Gasteiger partial charge in [0.1, 0.15) is 0 Å². The molecule has 2 heterocycles. The molecular formula is C16H19ClN4O3S2. The zero-order chi connectivity index (χ0) is 17.8. The minimum Gasteiger partial charge on any atom is -0.349 e. The first-order valence-corrected chi connectivity index (χ1v) is 9.62. The Morgan fingerprint density at radius 2 is 2.15 bits per heavy atom. The molecule has 7 nitrogen and oxygen atoms in total. The molecule has 0 radical (unpaired) electrons. The summed E-state index contributed by atoms with van der Waals surface area (Å²) in [4.78, 5) is 28.2. The van der Waals surface area contributed by atoms with Crippen molar-refractivity contribution < 1.29 is 9.72 Å². The second kappa shape index (κ2) is 9.31. The van der Waals surface area contributed by atoms with E-state index in [4.69, 9.17) is 0 Å². The summed E-state index contributed by atoms with van der Waals surface area (Å²) in [6.45, 7) is 3.62. The minimum absolute atomic E-state index is 0. The number of aromatic nitrogens is 1. The van der Waals surface area contributed by atoms with Gasteiger partial charge < -0.3 is 10.6 Å². The van der Waals surface area contributed by atoms with Gasteiger partial charge in [0.05, 0.1) is 9.82 Å². The smallest absolute Gasteiger partial charge is 0.284 e. The first-order chi connectivity index (χ1) is 12.0. The normalized spacial score (nSPS) is 14.5. The summed E-state index contributed by atoms with van der Waals surface area (Å²) in [6, 6.07) is 4.71. The summed E-state index contributed by atoms with van der Waals surface area (Å²) in [6.07, 6.45) is 1.73. The maximum atomic E-state index is 12.4. The van der Waals surface area contributed by atoms with Crippen molar-refractivity contribution >= 4 is 47.1 Å². The van der Waals surface area contributed by atoms with Gasteiger partial charge in [0.2, 0.25) is 0 Å². The topological polar surface area (TPSA) is 97.2 Å². The van der Waals surface area contributed by atoms with Crippen LogP contribution in [0.1, 0.15) is 28.9 Å². The highest BCUT2D eigenvalue weighted by molar-refractivity contribution is 8.01. The maximum absolute atomic E-state index is 12.4. The zero-order valence-corrected chi connectivity index (χ0v) is 16.5. The molecule has 3 rings (SSSR count). The number of nitrogens with zero attached hydrogens (tertiary/aromatic N) is 2. The first-order valence-electron chi connectivity index (χ1n) is 7.93. The predicted molar refractivity (Wildman–Crippen MR) is 105 cm³/mol. The van der Waals surface area contributed by atoms with Crippen molar-refractivity contribution in [2.24, 2.45) is 0 Å². The van der Waals surface area contributed by atoms with Gasteiger partial charge in [-0.2, -0.15) is 0 Å².